The third-order valence-corrected chi connectivity index (χ3v) is 2.87. The molecule has 0 atom stereocenters. The molecule has 3 nitrogen and oxygen atoms in total. The van der Waals surface area contributed by atoms with Crippen molar-refractivity contribution in [2.45, 2.75) is 13.8 Å². The molecular weight excluding hydrogens is 210 g/mol. The van der Waals surface area contributed by atoms with E-state index in [1.165, 1.54) is 0 Å². The average Bonchev–Trinajstić information content (AvgIpc) is 2.72. The van der Waals surface area contributed by atoms with Gasteiger partial charge in [-0.15, -0.1) is 0 Å². The summed E-state index contributed by atoms with van der Waals surface area (Å²) in [5, 5.41) is 0. The number of fused-ring (bicyclic) bond motifs is 1. The van der Waals surface area contributed by atoms with Crippen LogP contribution in [0.25, 0.3) is 22.4 Å². The van der Waals surface area contributed by atoms with E-state index >= 15 is 0 Å². The number of rotatable bonds is 1. The number of aromatic amines is 1. The molecule has 3 rings (SSSR count). The lowest BCUT2D eigenvalue weighted by Gasteiger charge is -2.02. The van der Waals surface area contributed by atoms with Gasteiger partial charge in [-0.1, -0.05) is 12.1 Å². The van der Waals surface area contributed by atoms with Crippen molar-refractivity contribution in [1.82, 2.24) is 15.0 Å². The Morgan fingerprint density at radius 1 is 0.941 bits per heavy atom. The minimum Gasteiger partial charge on any atom is -0.338 e. The lowest BCUT2D eigenvalue weighted by molar-refractivity contribution is 1.11. The summed E-state index contributed by atoms with van der Waals surface area (Å²) in [7, 11) is 0. The fraction of sp³-hybridized carbons (Fsp3) is 0.143. The molecule has 0 spiro atoms. The fourth-order valence-electron chi connectivity index (χ4n) is 2.02. The van der Waals surface area contributed by atoms with Crippen molar-refractivity contribution in [2.75, 3.05) is 0 Å². The Labute approximate surface area is 99.5 Å². The summed E-state index contributed by atoms with van der Waals surface area (Å²) < 4.78 is 0. The number of nitrogens with zero attached hydrogens (tertiary/aromatic N) is 2. The molecular formula is C14H13N3. The van der Waals surface area contributed by atoms with Crippen LogP contribution in [0.1, 0.15) is 11.4 Å². The number of hydrogen-bond acceptors (Lipinski definition) is 2. The Kier molecular flexibility index (Phi) is 2.18. The summed E-state index contributed by atoms with van der Waals surface area (Å²) in [4.78, 5) is 12.4. The third-order valence-electron chi connectivity index (χ3n) is 2.87. The lowest BCUT2D eigenvalue weighted by Crippen LogP contribution is -1.91. The standard InChI is InChI=1S/C14H13N3/c1-9-7-8-11(10(2)15-9)14-16-12-5-3-4-6-13(12)17-14/h3-8H,1-2H3,(H,16,17). The number of nitrogens with one attached hydrogen (secondary N) is 1. The van der Waals surface area contributed by atoms with Crippen LogP contribution < -0.4 is 0 Å². The highest BCUT2D eigenvalue weighted by molar-refractivity contribution is 5.79. The molecule has 0 fully saturated rings. The average molecular weight is 223 g/mol. The second-order valence-electron chi connectivity index (χ2n) is 4.19. The molecule has 0 unspecified atom stereocenters. The zero-order valence-electron chi connectivity index (χ0n) is 9.86. The molecule has 84 valence electrons. The number of aryl methyl sites for hydroxylation is 2. The predicted octanol–water partition coefficient (Wildman–Crippen LogP) is 3.24. The molecule has 17 heavy (non-hydrogen) atoms. The first-order chi connectivity index (χ1) is 8.24. The quantitative estimate of drug-likeness (QED) is 0.688. The van der Waals surface area contributed by atoms with Gasteiger partial charge in [0.25, 0.3) is 0 Å². The highest BCUT2D eigenvalue weighted by atomic mass is 14.9. The van der Waals surface area contributed by atoms with Crippen molar-refractivity contribution in [3.63, 3.8) is 0 Å². The van der Waals surface area contributed by atoms with E-state index in [0.29, 0.717) is 0 Å². The summed E-state index contributed by atoms with van der Waals surface area (Å²) in [5.41, 5.74) is 5.14. The van der Waals surface area contributed by atoms with Gasteiger partial charge in [0, 0.05) is 17.0 Å². The Morgan fingerprint density at radius 3 is 2.53 bits per heavy atom. The van der Waals surface area contributed by atoms with Crippen LogP contribution in [0.2, 0.25) is 0 Å². The highest BCUT2D eigenvalue weighted by Gasteiger charge is 2.08. The fourth-order valence-corrected chi connectivity index (χ4v) is 2.02. The molecule has 3 heteroatoms. The first-order valence-corrected chi connectivity index (χ1v) is 5.63. The second-order valence-corrected chi connectivity index (χ2v) is 4.19. The second kappa shape index (κ2) is 3.70. The Morgan fingerprint density at radius 2 is 1.76 bits per heavy atom. The molecule has 0 aliphatic rings. The van der Waals surface area contributed by atoms with Crippen molar-refractivity contribution in [3.8, 4) is 11.4 Å². The number of benzene rings is 1. The molecule has 0 aliphatic carbocycles. The zero-order valence-corrected chi connectivity index (χ0v) is 9.86. The van der Waals surface area contributed by atoms with Gasteiger partial charge in [-0.2, -0.15) is 0 Å². The number of H-pyrrole nitrogens is 1. The summed E-state index contributed by atoms with van der Waals surface area (Å²) in [5.74, 6) is 0.885. The highest BCUT2D eigenvalue weighted by Crippen LogP contribution is 2.22. The number of aromatic nitrogens is 3. The maximum atomic E-state index is 4.58. The number of imidazole rings is 1. The van der Waals surface area contributed by atoms with E-state index in [-0.39, 0.29) is 0 Å². The van der Waals surface area contributed by atoms with Crippen molar-refractivity contribution >= 4 is 11.0 Å². The van der Waals surface area contributed by atoms with Gasteiger partial charge in [-0.3, -0.25) is 4.98 Å². The third kappa shape index (κ3) is 1.69. The smallest absolute Gasteiger partial charge is 0.140 e. The molecule has 0 saturated heterocycles. The summed E-state index contributed by atoms with van der Waals surface area (Å²) in [6.45, 7) is 4.00. The molecule has 0 radical (unpaired) electrons. The lowest BCUT2D eigenvalue weighted by atomic mass is 10.2. The largest absolute Gasteiger partial charge is 0.338 e. The minimum absolute atomic E-state index is 0.885. The maximum Gasteiger partial charge on any atom is 0.140 e. The van der Waals surface area contributed by atoms with Crippen LogP contribution in [-0.2, 0) is 0 Å². The normalized spacial score (nSPS) is 10.9. The molecule has 2 aromatic heterocycles. The molecule has 2 heterocycles. The molecule has 0 saturated carbocycles. The van der Waals surface area contributed by atoms with E-state index in [1.54, 1.807) is 0 Å². The Balaban J connectivity index is 2.20. The van der Waals surface area contributed by atoms with E-state index in [9.17, 15) is 0 Å². The van der Waals surface area contributed by atoms with E-state index in [4.69, 9.17) is 0 Å². The van der Waals surface area contributed by atoms with Gasteiger partial charge in [0.1, 0.15) is 5.82 Å². The molecule has 1 N–H and O–H groups in total. The molecule has 0 amide bonds. The van der Waals surface area contributed by atoms with Gasteiger partial charge in [0.05, 0.1) is 11.0 Å². The van der Waals surface area contributed by atoms with Crippen molar-refractivity contribution in [3.05, 3.63) is 47.8 Å². The van der Waals surface area contributed by atoms with Crippen LogP contribution in [0.4, 0.5) is 0 Å². The molecule has 0 bridgehead atoms. The van der Waals surface area contributed by atoms with Gasteiger partial charge in [0.15, 0.2) is 0 Å². The van der Waals surface area contributed by atoms with E-state index in [0.717, 1.165) is 33.8 Å². The van der Waals surface area contributed by atoms with Gasteiger partial charge in [-0.05, 0) is 38.1 Å². The van der Waals surface area contributed by atoms with E-state index < -0.39 is 0 Å². The van der Waals surface area contributed by atoms with Gasteiger partial charge in [0.2, 0.25) is 0 Å². The van der Waals surface area contributed by atoms with E-state index in [2.05, 4.69) is 21.0 Å². The SMILES string of the molecule is Cc1ccc(-c2nc3ccccc3[nH]2)c(C)n1. The molecule has 1 aromatic carbocycles. The minimum atomic E-state index is 0.885. The van der Waals surface area contributed by atoms with Crippen molar-refractivity contribution < 1.29 is 0 Å². The van der Waals surface area contributed by atoms with Crippen LogP contribution >= 0.6 is 0 Å². The summed E-state index contributed by atoms with van der Waals surface area (Å²) in [6, 6.07) is 12.1. The van der Waals surface area contributed by atoms with E-state index in [1.807, 2.05) is 44.2 Å². The zero-order chi connectivity index (χ0) is 11.8. The van der Waals surface area contributed by atoms with Crippen LogP contribution in [0, 0.1) is 13.8 Å². The number of pyridine rings is 1. The summed E-state index contributed by atoms with van der Waals surface area (Å²) >= 11 is 0. The van der Waals surface area contributed by atoms with Crippen LogP contribution in [-0.4, -0.2) is 15.0 Å². The Bertz CT molecular complexity index is 650. The molecule has 0 aliphatic heterocycles. The number of para-hydroxylation sites is 2. The molecule has 3 aromatic rings. The first kappa shape index (κ1) is 10.0. The number of hydrogen-bond donors (Lipinski definition) is 1. The van der Waals surface area contributed by atoms with Crippen molar-refractivity contribution in [1.29, 1.82) is 0 Å². The van der Waals surface area contributed by atoms with Gasteiger partial charge < -0.3 is 4.98 Å². The Hall–Kier alpha value is -2.16. The topological polar surface area (TPSA) is 41.6 Å². The monoisotopic (exact) mass is 223 g/mol. The first-order valence-electron chi connectivity index (χ1n) is 5.63. The van der Waals surface area contributed by atoms with Crippen LogP contribution in [0.3, 0.4) is 0 Å². The van der Waals surface area contributed by atoms with Crippen molar-refractivity contribution in [2.24, 2.45) is 0 Å². The predicted molar refractivity (Wildman–Crippen MR) is 68.8 cm³/mol. The summed E-state index contributed by atoms with van der Waals surface area (Å²) in [6.07, 6.45) is 0. The van der Waals surface area contributed by atoms with Crippen LogP contribution in [0.5, 0.6) is 0 Å². The maximum absolute atomic E-state index is 4.58. The van der Waals surface area contributed by atoms with Crippen LogP contribution in [0.15, 0.2) is 36.4 Å². The van der Waals surface area contributed by atoms with Gasteiger partial charge >= 0.3 is 0 Å². The van der Waals surface area contributed by atoms with Gasteiger partial charge in [-0.25, -0.2) is 4.98 Å².